The molecule has 0 unspecified atom stereocenters. The summed E-state index contributed by atoms with van der Waals surface area (Å²) >= 11 is 6.41. The molecule has 3 N–H and O–H groups in total. The van der Waals surface area contributed by atoms with Crippen LogP contribution in [0.2, 0.25) is 5.02 Å². The normalized spacial score (nSPS) is 21.2. The van der Waals surface area contributed by atoms with Crippen LogP contribution >= 0.6 is 11.6 Å². The minimum atomic E-state index is -1.01. The van der Waals surface area contributed by atoms with Gasteiger partial charge in [-0.25, -0.2) is 18.7 Å². The van der Waals surface area contributed by atoms with Crippen molar-refractivity contribution >= 4 is 63.9 Å². The highest BCUT2D eigenvalue weighted by Crippen LogP contribution is 2.37. The van der Waals surface area contributed by atoms with Crippen LogP contribution in [0.4, 0.5) is 32.1 Å². The maximum absolute atomic E-state index is 13.5. The van der Waals surface area contributed by atoms with Gasteiger partial charge in [0.2, 0.25) is 5.91 Å². The largest absolute Gasteiger partial charge is 0.385 e. The van der Waals surface area contributed by atoms with E-state index in [0.717, 1.165) is 67.9 Å². The lowest BCUT2D eigenvalue weighted by Crippen LogP contribution is -2.53. The standard InChI is InChI=1S/C42H45ClFN11O4/c1-45-33-24-37(49-55-36(25-46-39(33)55)40(57)47-32-23-31(32)44)53-16-11-29-26(4-2-6-34(29)53)5-3-13-50-18-20-51(21-19-50)28-9-14-52(15-10-28)41(58)27-7-8-30(43)35(22-27)54-17-12-38(56)48-42(54)59/h2,4,6-8,22,24-25,28,31-32,45H,9-21,23H2,1H3,(H,47,57)(H,48,56,59)/t31-,32+/m0/s1. The molecule has 0 bridgehead atoms. The molecule has 1 saturated carbocycles. The predicted octanol–water partition coefficient (Wildman–Crippen LogP) is 3.68. The third-order valence-electron chi connectivity index (χ3n) is 12.0. The average Bonchev–Trinajstić information content (AvgIpc) is 3.56. The van der Waals surface area contributed by atoms with Crippen LogP contribution in [0.25, 0.3) is 5.65 Å². The molecule has 59 heavy (non-hydrogen) atoms. The van der Waals surface area contributed by atoms with Gasteiger partial charge in [-0.3, -0.25) is 34.4 Å². The molecule has 9 rings (SSSR count). The number of carbonyl (C=O) groups is 4. The van der Waals surface area contributed by atoms with Crippen molar-refractivity contribution in [2.45, 2.75) is 50.4 Å². The van der Waals surface area contributed by atoms with Crippen molar-refractivity contribution in [1.29, 1.82) is 0 Å². The summed E-state index contributed by atoms with van der Waals surface area (Å²) in [5, 5.41) is 13.4. The smallest absolute Gasteiger partial charge is 0.328 e. The Bertz CT molecular complexity index is 2400. The number of likely N-dealkylation sites (tertiary alicyclic amines) is 1. The molecule has 2 atom stereocenters. The molecule has 4 aromatic rings. The number of nitrogens with one attached hydrogen (secondary N) is 3. The summed E-state index contributed by atoms with van der Waals surface area (Å²) in [5.41, 5.74) is 5.58. The Morgan fingerprint density at radius 3 is 2.49 bits per heavy atom. The lowest BCUT2D eigenvalue weighted by Gasteiger charge is -2.42. The summed E-state index contributed by atoms with van der Waals surface area (Å²) < 4.78 is 15.1. The molecule has 0 radical (unpaired) electrons. The van der Waals surface area contributed by atoms with Crippen molar-refractivity contribution in [2.75, 3.05) is 81.1 Å². The van der Waals surface area contributed by atoms with Crippen LogP contribution in [-0.2, 0) is 11.2 Å². The van der Waals surface area contributed by atoms with Gasteiger partial charge in [0.1, 0.15) is 6.17 Å². The van der Waals surface area contributed by atoms with E-state index in [4.69, 9.17) is 16.7 Å². The molecule has 2 aromatic heterocycles. The number of hydrogen-bond acceptors (Lipinski definition) is 10. The molecule has 6 heterocycles. The predicted molar refractivity (Wildman–Crippen MR) is 221 cm³/mol. The molecular weight excluding hydrogens is 777 g/mol. The monoisotopic (exact) mass is 821 g/mol. The lowest BCUT2D eigenvalue weighted by atomic mass is 10.0. The zero-order valence-electron chi connectivity index (χ0n) is 32.7. The number of hydrogen-bond donors (Lipinski definition) is 3. The highest BCUT2D eigenvalue weighted by atomic mass is 35.5. The number of carbonyl (C=O) groups excluding carboxylic acids is 4. The zero-order valence-corrected chi connectivity index (χ0v) is 33.5. The molecule has 15 nitrogen and oxygen atoms in total. The first-order valence-corrected chi connectivity index (χ1v) is 20.6. The fourth-order valence-electron chi connectivity index (χ4n) is 8.57. The van der Waals surface area contributed by atoms with Gasteiger partial charge in [-0.05, 0) is 55.2 Å². The van der Waals surface area contributed by atoms with E-state index in [0.29, 0.717) is 66.4 Å². The molecule has 2 aromatic carbocycles. The van der Waals surface area contributed by atoms with Gasteiger partial charge in [0.25, 0.3) is 11.8 Å². The number of fused-ring (bicyclic) bond motifs is 2. The number of urea groups is 1. The maximum Gasteiger partial charge on any atom is 0.328 e. The summed E-state index contributed by atoms with van der Waals surface area (Å²) in [6.07, 6.45) is 3.55. The molecule has 1 aliphatic carbocycles. The van der Waals surface area contributed by atoms with Gasteiger partial charge < -0.3 is 20.4 Å². The molecular formula is C42H45ClFN11O4. The minimum absolute atomic E-state index is 0.0894. The van der Waals surface area contributed by atoms with Gasteiger partial charge >= 0.3 is 6.03 Å². The quantitative estimate of drug-likeness (QED) is 0.225. The number of piperazine rings is 1. The number of alkyl halides is 1. The number of nitrogens with zero attached hydrogens (tertiary/aromatic N) is 8. The Balaban J connectivity index is 0.785. The van der Waals surface area contributed by atoms with Crippen molar-refractivity contribution in [3.8, 4) is 11.8 Å². The Hall–Kier alpha value is -5.76. The van der Waals surface area contributed by atoms with Crippen LogP contribution in [0.3, 0.4) is 0 Å². The van der Waals surface area contributed by atoms with Gasteiger partial charge in [-0.2, -0.15) is 0 Å². The van der Waals surface area contributed by atoms with Crippen molar-refractivity contribution < 1.29 is 23.6 Å². The fourth-order valence-corrected chi connectivity index (χ4v) is 8.79. The molecule has 5 aliphatic rings. The van der Waals surface area contributed by atoms with E-state index in [1.54, 1.807) is 25.2 Å². The van der Waals surface area contributed by atoms with Crippen LogP contribution in [-0.4, -0.2) is 137 Å². The van der Waals surface area contributed by atoms with Crippen molar-refractivity contribution in [3.63, 3.8) is 0 Å². The van der Waals surface area contributed by atoms with Crippen molar-refractivity contribution in [2.24, 2.45) is 0 Å². The summed E-state index contributed by atoms with van der Waals surface area (Å²) in [6, 6.07) is 12.5. The van der Waals surface area contributed by atoms with Crippen LogP contribution in [0.5, 0.6) is 0 Å². The second kappa shape index (κ2) is 16.1. The van der Waals surface area contributed by atoms with Gasteiger partial charge in [-0.1, -0.05) is 29.5 Å². The first-order chi connectivity index (χ1) is 28.6. The number of benzene rings is 2. The van der Waals surface area contributed by atoms with Gasteiger partial charge in [-0.15, -0.1) is 5.10 Å². The number of rotatable bonds is 8. The highest BCUT2D eigenvalue weighted by Gasteiger charge is 2.39. The second-order valence-corrected chi connectivity index (χ2v) is 16.0. The van der Waals surface area contributed by atoms with E-state index in [-0.39, 0.29) is 30.5 Å². The Morgan fingerprint density at radius 1 is 0.966 bits per heavy atom. The van der Waals surface area contributed by atoms with Crippen LogP contribution in [0, 0.1) is 11.8 Å². The first-order valence-electron chi connectivity index (χ1n) is 20.2. The zero-order chi connectivity index (χ0) is 40.8. The third kappa shape index (κ3) is 7.77. The van der Waals surface area contributed by atoms with E-state index < -0.39 is 24.2 Å². The minimum Gasteiger partial charge on any atom is -0.385 e. The fraction of sp³-hybridized carbons (Fsp3) is 0.429. The highest BCUT2D eigenvalue weighted by molar-refractivity contribution is 6.34. The number of imidazole rings is 1. The van der Waals surface area contributed by atoms with Crippen molar-refractivity contribution in [1.82, 2.24) is 39.9 Å². The third-order valence-corrected chi connectivity index (χ3v) is 12.3. The summed E-state index contributed by atoms with van der Waals surface area (Å²) in [6.45, 7) is 6.61. The number of anilines is 4. The average molecular weight is 822 g/mol. The summed E-state index contributed by atoms with van der Waals surface area (Å²) in [5.74, 6) is 6.74. The molecule has 306 valence electrons. The summed E-state index contributed by atoms with van der Waals surface area (Å²) in [4.78, 5) is 65.3. The molecule has 17 heteroatoms. The number of aromatic nitrogens is 3. The maximum atomic E-state index is 13.5. The molecule has 0 spiro atoms. The Kier molecular flexibility index (Phi) is 10.6. The van der Waals surface area contributed by atoms with Gasteiger partial charge in [0, 0.05) is 101 Å². The summed E-state index contributed by atoms with van der Waals surface area (Å²) in [7, 11) is 1.80. The Labute approximate surface area is 345 Å². The van der Waals surface area contributed by atoms with E-state index in [9.17, 15) is 23.6 Å². The molecule has 3 saturated heterocycles. The molecule has 4 aliphatic heterocycles. The molecule has 5 amide bonds. The van der Waals surface area contributed by atoms with E-state index in [1.807, 2.05) is 17.0 Å². The SMILES string of the molecule is CNc1cc(N2CCc3c(C#CCN4CCN(C5CCN(C(=O)c6ccc(Cl)c(N7CCC(=O)NC7=O)c6)CC5)CC4)cccc32)nn2c(C(=O)N[C@@H]3C[C@@H]3F)cnc12. The topological polar surface area (TPSA) is 151 Å². The molecule has 4 fully saturated rings. The number of piperidine rings is 1. The van der Waals surface area contributed by atoms with E-state index in [2.05, 4.69) is 59.6 Å². The van der Waals surface area contributed by atoms with Crippen LogP contribution < -0.4 is 25.8 Å². The number of halogens is 2. The van der Waals surface area contributed by atoms with E-state index >= 15 is 0 Å². The van der Waals surface area contributed by atoms with Crippen LogP contribution in [0.1, 0.15) is 57.7 Å². The van der Waals surface area contributed by atoms with Gasteiger partial charge in [0.15, 0.2) is 17.2 Å². The van der Waals surface area contributed by atoms with Crippen LogP contribution in [0.15, 0.2) is 48.7 Å². The number of imide groups is 1. The Morgan fingerprint density at radius 2 is 1.75 bits per heavy atom. The van der Waals surface area contributed by atoms with Gasteiger partial charge in [0.05, 0.1) is 35.2 Å². The lowest BCUT2D eigenvalue weighted by molar-refractivity contribution is -0.120. The number of amides is 5. The first kappa shape index (κ1) is 38.7. The van der Waals surface area contributed by atoms with E-state index in [1.165, 1.54) is 15.6 Å². The second-order valence-electron chi connectivity index (χ2n) is 15.6. The van der Waals surface area contributed by atoms with Crippen molar-refractivity contribution in [3.05, 3.63) is 76.1 Å².